The first kappa shape index (κ1) is 16.3. The first-order valence-corrected chi connectivity index (χ1v) is 9.44. The van der Waals surface area contributed by atoms with Crippen molar-refractivity contribution in [1.82, 2.24) is 20.2 Å². The molecule has 124 valence electrons. The maximum atomic E-state index is 12.5. The third-order valence-electron chi connectivity index (χ3n) is 4.12. The zero-order valence-corrected chi connectivity index (χ0v) is 14.4. The number of aromatic nitrogens is 4. The van der Waals surface area contributed by atoms with Gasteiger partial charge in [-0.25, -0.2) is 0 Å². The average molecular weight is 334 g/mol. The van der Waals surface area contributed by atoms with Crippen LogP contribution in [0.4, 0.5) is 0 Å². The van der Waals surface area contributed by atoms with Crippen LogP contribution >= 0.6 is 0 Å². The van der Waals surface area contributed by atoms with Gasteiger partial charge in [-0.15, -0.1) is 5.10 Å². The highest BCUT2D eigenvalue weighted by molar-refractivity contribution is 7.84. The summed E-state index contributed by atoms with van der Waals surface area (Å²) in [6.07, 6.45) is 3.36. The second kappa shape index (κ2) is 7.31. The van der Waals surface area contributed by atoms with Crippen molar-refractivity contribution in [3.8, 4) is 5.69 Å². The molecule has 2 heterocycles. The number of rotatable bonds is 5. The predicted molar refractivity (Wildman–Crippen MR) is 88.9 cm³/mol. The van der Waals surface area contributed by atoms with Crippen molar-refractivity contribution in [1.29, 1.82) is 0 Å². The molecule has 7 heteroatoms. The van der Waals surface area contributed by atoms with Gasteiger partial charge in [0.2, 0.25) is 0 Å². The Hall–Kier alpha value is -1.60. The van der Waals surface area contributed by atoms with E-state index in [1.807, 2.05) is 32.0 Å². The first-order valence-electron chi connectivity index (χ1n) is 7.95. The Morgan fingerprint density at radius 2 is 2.09 bits per heavy atom. The van der Waals surface area contributed by atoms with Crippen LogP contribution in [0.25, 0.3) is 5.69 Å². The molecule has 0 saturated carbocycles. The topological polar surface area (TPSA) is 69.9 Å². The van der Waals surface area contributed by atoms with Gasteiger partial charge in [-0.1, -0.05) is 18.2 Å². The number of hydrogen-bond acceptors (Lipinski definition) is 5. The van der Waals surface area contributed by atoms with E-state index in [4.69, 9.17) is 4.74 Å². The highest BCUT2D eigenvalue weighted by Crippen LogP contribution is 2.20. The molecule has 0 amide bonds. The molecule has 23 heavy (non-hydrogen) atoms. The molecule has 0 radical (unpaired) electrons. The lowest BCUT2D eigenvalue weighted by atomic mass is 10.1. The minimum Gasteiger partial charge on any atom is -0.377 e. The fraction of sp³-hybridized carbons (Fsp3) is 0.562. The summed E-state index contributed by atoms with van der Waals surface area (Å²) < 4.78 is 19.8. The molecule has 2 aromatic rings. The monoisotopic (exact) mass is 334 g/mol. The van der Waals surface area contributed by atoms with E-state index < -0.39 is 10.8 Å². The number of ether oxygens (including phenoxy) is 1. The zero-order chi connectivity index (χ0) is 16.2. The molecule has 1 aromatic heterocycles. The summed E-state index contributed by atoms with van der Waals surface area (Å²) in [5.41, 5.74) is 3.17. The molecule has 0 aliphatic carbocycles. The van der Waals surface area contributed by atoms with E-state index in [1.54, 1.807) is 4.68 Å². The third-order valence-corrected chi connectivity index (χ3v) is 5.44. The standard InChI is InChI=1S/C16H22N4O2S/c1-12-6-5-7-13(2)16(12)20-15(17-18-19-20)11-23(21)10-14-8-3-4-9-22-14/h5-7,14H,3-4,8-11H2,1-2H3. The Balaban J connectivity index is 1.75. The summed E-state index contributed by atoms with van der Waals surface area (Å²) in [5.74, 6) is 1.54. The molecule has 2 atom stereocenters. The second-order valence-electron chi connectivity index (χ2n) is 5.99. The van der Waals surface area contributed by atoms with Gasteiger partial charge >= 0.3 is 0 Å². The SMILES string of the molecule is Cc1cccc(C)c1-n1nnnc1CS(=O)CC1CCCCO1. The molecular formula is C16H22N4O2S. The Labute approximate surface area is 138 Å². The van der Waals surface area contributed by atoms with Gasteiger partial charge in [-0.2, -0.15) is 4.68 Å². The molecule has 1 aliphatic rings. The van der Waals surface area contributed by atoms with Gasteiger partial charge in [0.1, 0.15) is 0 Å². The van der Waals surface area contributed by atoms with E-state index in [2.05, 4.69) is 15.5 Å². The molecule has 0 bridgehead atoms. The molecule has 2 unspecified atom stereocenters. The Bertz CT molecular complexity index is 675. The van der Waals surface area contributed by atoms with Crippen LogP contribution in [-0.4, -0.2) is 42.9 Å². The van der Waals surface area contributed by atoms with Gasteiger partial charge in [0, 0.05) is 17.4 Å². The van der Waals surface area contributed by atoms with Crippen molar-refractivity contribution in [2.45, 2.75) is 45.0 Å². The van der Waals surface area contributed by atoms with Crippen LogP contribution in [0.1, 0.15) is 36.2 Å². The van der Waals surface area contributed by atoms with Gasteiger partial charge in [-0.05, 0) is 54.7 Å². The fourth-order valence-electron chi connectivity index (χ4n) is 2.96. The molecule has 0 spiro atoms. The minimum atomic E-state index is -1.03. The largest absolute Gasteiger partial charge is 0.377 e. The molecular weight excluding hydrogens is 312 g/mol. The van der Waals surface area contributed by atoms with Crippen LogP contribution < -0.4 is 0 Å². The summed E-state index contributed by atoms with van der Waals surface area (Å²) in [5, 5.41) is 12.0. The summed E-state index contributed by atoms with van der Waals surface area (Å²) >= 11 is 0. The number of nitrogens with zero attached hydrogens (tertiary/aromatic N) is 4. The van der Waals surface area contributed by atoms with Crippen molar-refractivity contribution < 1.29 is 8.95 Å². The summed E-state index contributed by atoms with van der Waals surface area (Å²) in [6.45, 7) is 4.84. The average Bonchev–Trinajstić information content (AvgIpc) is 2.96. The number of aryl methyl sites for hydroxylation is 2. The lowest BCUT2D eigenvalue weighted by molar-refractivity contribution is 0.0310. The maximum absolute atomic E-state index is 12.5. The Kier molecular flexibility index (Phi) is 5.17. The van der Waals surface area contributed by atoms with E-state index >= 15 is 0 Å². The van der Waals surface area contributed by atoms with Gasteiger partial charge in [-0.3, -0.25) is 4.21 Å². The summed E-state index contributed by atoms with van der Waals surface area (Å²) in [7, 11) is -1.03. The van der Waals surface area contributed by atoms with Gasteiger partial charge < -0.3 is 4.74 Å². The molecule has 3 rings (SSSR count). The van der Waals surface area contributed by atoms with Crippen LogP contribution in [-0.2, 0) is 21.3 Å². The van der Waals surface area contributed by atoms with Crippen molar-refractivity contribution in [2.24, 2.45) is 0 Å². The Morgan fingerprint density at radius 1 is 1.30 bits per heavy atom. The lowest BCUT2D eigenvalue weighted by Crippen LogP contribution is -2.26. The summed E-state index contributed by atoms with van der Waals surface area (Å²) in [6, 6.07) is 6.07. The van der Waals surface area contributed by atoms with Gasteiger partial charge in [0.05, 0.1) is 23.3 Å². The fourth-order valence-corrected chi connectivity index (χ4v) is 4.22. The van der Waals surface area contributed by atoms with Crippen molar-refractivity contribution in [2.75, 3.05) is 12.4 Å². The summed E-state index contributed by atoms with van der Waals surface area (Å²) in [4.78, 5) is 0. The Morgan fingerprint density at radius 3 is 2.78 bits per heavy atom. The van der Waals surface area contributed by atoms with Crippen LogP contribution in [0.15, 0.2) is 18.2 Å². The highest BCUT2D eigenvalue weighted by atomic mass is 32.2. The lowest BCUT2D eigenvalue weighted by Gasteiger charge is -2.21. The van der Waals surface area contributed by atoms with E-state index in [-0.39, 0.29) is 6.10 Å². The first-order chi connectivity index (χ1) is 11.1. The molecule has 1 fully saturated rings. The quantitative estimate of drug-likeness (QED) is 0.837. The maximum Gasteiger partial charge on any atom is 0.169 e. The van der Waals surface area contributed by atoms with E-state index in [0.29, 0.717) is 17.3 Å². The third kappa shape index (κ3) is 3.84. The van der Waals surface area contributed by atoms with Crippen LogP contribution in [0.3, 0.4) is 0 Å². The number of tetrazole rings is 1. The predicted octanol–water partition coefficient (Wildman–Crippen LogP) is 2.10. The van der Waals surface area contributed by atoms with Crippen molar-refractivity contribution >= 4 is 10.8 Å². The van der Waals surface area contributed by atoms with E-state index in [0.717, 1.165) is 42.7 Å². The minimum absolute atomic E-state index is 0.106. The smallest absolute Gasteiger partial charge is 0.169 e. The van der Waals surface area contributed by atoms with Gasteiger partial charge in [0.15, 0.2) is 5.82 Å². The van der Waals surface area contributed by atoms with Crippen LogP contribution in [0, 0.1) is 13.8 Å². The van der Waals surface area contributed by atoms with Crippen molar-refractivity contribution in [3.05, 3.63) is 35.2 Å². The van der Waals surface area contributed by atoms with E-state index in [1.165, 1.54) is 0 Å². The molecule has 1 saturated heterocycles. The molecule has 1 aromatic carbocycles. The second-order valence-corrected chi connectivity index (χ2v) is 7.49. The molecule has 6 nitrogen and oxygen atoms in total. The normalized spacial score (nSPS) is 19.7. The number of hydrogen-bond donors (Lipinski definition) is 0. The molecule has 0 N–H and O–H groups in total. The van der Waals surface area contributed by atoms with Crippen molar-refractivity contribution in [3.63, 3.8) is 0 Å². The zero-order valence-electron chi connectivity index (χ0n) is 13.6. The number of benzene rings is 1. The van der Waals surface area contributed by atoms with Gasteiger partial charge in [0.25, 0.3) is 0 Å². The van der Waals surface area contributed by atoms with Crippen LogP contribution in [0.2, 0.25) is 0 Å². The molecule has 1 aliphatic heterocycles. The van der Waals surface area contributed by atoms with Crippen LogP contribution in [0.5, 0.6) is 0 Å². The number of para-hydroxylation sites is 1. The highest BCUT2D eigenvalue weighted by Gasteiger charge is 2.20. The van der Waals surface area contributed by atoms with E-state index in [9.17, 15) is 4.21 Å².